The molecule has 0 saturated carbocycles. The largest absolute Gasteiger partial charge is 0.488 e. The molecule has 1 heterocycles. The maximum Gasteiger partial charge on any atom is 0.488 e. The molecule has 0 aliphatic heterocycles. The number of hydrogen-bond donors (Lipinski definition) is 0. The van der Waals surface area contributed by atoms with E-state index in [1.165, 1.54) is 12.1 Å². The first-order valence-electron chi connectivity index (χ1n) is 3.72. The molecule has 0 N–H and O–H groups in total. The first-order chi connectivity index (χ1) is 6.09. The van der Waals surface area contributed by atoms with Gasteiger partial charge in [0.15, 0.2) is 0 Å². The van der Waals surface area contributed by atoms with E-state index in [9.17, 15) is 13.2 Å². The van der Waals surface area contributed by atoms with Gasteiger partial charge in [0, 0.05) is 6.20 Å². The molecule has 1 nitrogen and oxygen atoms in total. The summed E-state index contributed by atoms with van der Waals surface area (Å²) >= 11 is 0. The van der Waals surface area contributed by atoms with Crippen LogP contribution in [0.5, 0.6) is 0 Å². The molecule has 0 bridgehead atoms. The van der Waals surface area contributed by atoms with Gasteiger partial charge >= 0.3 is 6.30 Å². The van der Waals surface area contributed by atoms with Gasteiger partial charge in [-0.1, -0.05) is 18.2 Å². The smallest absolute Gasteiger partial charge is 0.259 e. The molecule has 0 fully saturated rings. The highest BCUT2D eigenvalue weighted by atomic mass is 19.4. The number of rotatable bonds is 0. The molecule has 0 aliphatic rings. The van der Waals surface area contributed by atoms with Crippen LogP contribution in [0, 0.1) is 0 Å². The van der Waals surface area contributed by atoms with Crippen molar-refractivity contribution in [1.82, 2.24) is 4.57 Å². The molecule has 0 unspecified atom stereocenters. The molecule has 0 saturated heterocycles. The van der Waals surface area contributed by atoms with E-state index in [1.807, 2.05) is 0 Å². The molecule has 0 spiro atoms. The minimum absolute atomic E-state index is 0.190. The second kappa shape index (κ2) is 2.52. The minimum atomic E-state index is -4.33. The molecular formula is C9H6F3N. The number of benzene rings is 1. The highest BCUT2D eigenvalue weighted by Gasteiger charge is 2.31. The fourth-order valence-corrected chi connectivity index (χ4v) is 1.30. The highest BCUT2D eigenvalue weighted by Crippen LogP contribution is 2.27. The van der Waals surface area contributed by atoms with Gasteiger partial charge in [0.2, 0.25) is 0 Å². The van der Waals surface area contributed by atoms with Crippen LogP contribution in [0.3, 0.4) is 0 Å². The fourth-order valence-electron chi connectivity index (χ4n) is 1.30. The van der Waals surface area contributed by atoms with Crippen molar-refractivity contribution in [2.24, 2.45) is 0 Å². The Labute approximate surface area is 72.4 Å². The van der Waals surface area contributed by atoms with Crippen molar-refractivity contribution in [3.8, 4) is 0 Å². The lowest BCUT2D eigenvalue weighted by atomic mass is 10.2. The van der Waals surface area contributed by atoms with Crippen molar-refractivity contribution < 1.29 is 13.2 Å². The van der Waals surface area contributed by atoms with Crippen LogP contribution in [0.25, 0.3) is 10.9 Å². The van der Waals surface area contributed by atoms with Crippen molar-refractivity contribution in [2.45, 2.75) is 6.30 Å². The highest BCUT2D eigenvalue weighted by molar-refractivity contribution is 5.80. The van der Waals surface area contributed by atoms with Crippen LogP contribution in [-0.2, 0) is 6.30 Å². The molecule has 1 aromatic heterocycles. The molecule has 13 heavy (non-hydrogen) atoms. The van der Waals surface area contributed by atoms with Crippen molar-refractivity contribution in [3.63, 3.8) is 0 Å². The molecule has 0 atom stereocenters. The average Bonchev–Trinajstić information content (AvgIpc) is 2.45. The Hall–Kier alpha value is -1.45. The summed E-state index contributed by atoms with van der Waals surface area (Å²) in [6, 6.07) is 7.84. The number of halogens is 3. The van der Waals surface area contributed by atoms with Gasteiger partial charge in [0.1, 0.15) is 0 Å². The van der Waals surface area contributed by atoms with Gasteiger partial charge in [-0.2, -0.15) is 0 Å². The molecule has 2 aromatic rings. The Bertz CT molecular complexity index is 428. The van der Waals surface area contributed by atoms with Crippen LogP contribution >= 0.6 is 0 Å². The van der Waals surface area contributed by atoms with Crippen LogP contribution in [0.2, 0.25) is 0 Å². The summed E-state index contributed by atoms with van der Waals surface area (Å²) in [5, 5.41) is 0.597. The maximum atomic E-state index is 12.3. The van der Waals surface area contributed by atoms with Crippen molar-refractivity contribution in [3.05, 3.63) is 36.5 Å². The van der Waals surface area contributed by atoms with Gasteiger partial charge < -0.3 is 0 Å². The van der Waals surface area contributed by atoms with E-state index in [-0.39, 0.29) is 5.52 Å². The molecule has 2 rings (SSSR count). The monoisotopic (exact) mass is 185 g/mol. The van der Waals surface area contributed by atoms with E-state index in [0.29, 0.717) is 9.95 Å². The number of alkyl halides is 3. The lowest BCUT2D eigenvalue weighted by Crippen LogP contribution is -2.14. The summed E-state index contributed by atoms with van der Waals surface area (Å²) in [4.78, 5) is 0. The number of hydrogen-bond acceptors (Lipinski definition) is 0. The van der Waals surface area contributed by atoms with Crippen molar-refractivity contribution >= 4 is 10.9 Å². The van der Waals surface area contributed by atoms with Gasteiger partial charge in [-0.15, -0.1) is 13.2 Å². The van der Waals surface area contributed by atoms with E-state index in [2.05, 4.69) is 0 Å². The predicted molar refractivity (Wildman–Crippen MR) is 43.2 cm³/mol. The van der Waals surface area contributed by atoms with E-state index in [1.54, 1.807) is 18.2 Å². The SMILES string of the molecule is FC(F)(F)n1ccc2ccccc21. The summed E-state index contributed by atoms with van der Waals surface area (Å²) in [5.41, 5.74) is 0.190. The molecule has 0 aliphatic carbocycles. The van der Waals surface area contributed by atoms with E-state index in [0.717, 1.165) is 6.20 Å². The summed E-state index contributed by atoms with van der Waals surface area (Å²) in [5.74, 6) is 0. The zero-order valence-electron chi connectivity index (χ0n) is 6.55. The summed E-state index contributed by atoms with van der Waals surface area (Å²) in [7, 11) is 0. The van der Waals surface area contributed by atoms with E-state index >= 15 is 0 Å². The van der Waals surface area contributed by atoms with Gasteiger partial charge in [0.25, 0.3) is 0 Å². The third-order valence-corrected chi connectivity index (χ3v) is 1.87. The Morgan fingerprint density at radius 3 is 2.38 bits per heavy atom. The van der Waals surface area contributed by atoms with Crippen LogP contribution in [0.4, 0.5) is 13.2 Å². The molecular weight excluding hydrogens is 179 g/mol. The van der Waals surface area contributed by atoms with Gasteiger partial charge in [-0.25, -0.2) is 0 Å². The number of aromatic nitrogens is 1. The normalized spacial score (nSPS) is 12.2. The third kappa shape index (κ3) is 1.28. The summed E-state index contributed by atoms with van der Waals surface area (Å²) in [6.45, 7) is 0. The molecule has 0 radical (unpaired) electrons. The maximum absolute atomic E-state index is 12.3. The average molecular weight is 185 g/mol. The minimum Gasteiger partial charge on any atom is -0.259 e. The Morgan fingerprint density at radius 2 is 1.69 bits per heavy atom. The molecule has 1 aromatic carbocycles. The fraction of sp³-hybridized carbons (Fsp3) is 0.111. The summed E-state index contributed by atoms with van der Waals surface area (Å²) < 4.78 is 37.3. The topological polar surface area (TPSA) is 4.93 Å². The predicted octanol–water partition coefficient (Wildman–Crippen LogP) is 3.12. The van der Waals surface area contributed by atoms with Crippen LogP contribution < -0.4 is 0 Å². The lowest BCUT2D eigenvalue weighted by molar-refractivity contribution is -0.200. The summed E-state index contributed by atoms with van der Waals surface area (Å²) in [6.07, 6.45) is -3.30. The van der Waals surface area contributed by atoms with Gasteiger partial charge in [0.05, 0.1) is 5.52 Å². The standard InChI is InChI=1S/C9H6F3N/c10-9(11,12)13-6-5-7-3-1-2-4-8(7)13/h1-6H. The van der Waals surface area contributed by atoms with Crippen molar-refractivity contribution in [1.29, 1.82) is 0 Å². The Morgan fingerprint density at radius 1 is 1.00 bits per heavy atom. The first-order valence-corrected chi connectivity index (χ1v) is 3.72. The van der Waals surface area contributed by atoms with Gasteiger partial charge in [-0.05, 0) is 17.5 Å². The molecule has 0 amide bonds. The first kappa shape index (κ1) is 8.16. The molecule has 68 valence electrons. The quantitative estimate of drug-likeness (QED) is 0.594. The number of fused-ring (bicyclic) bond motifs is 1. The van der Waals surface area contributed by atoms with Gasteiger partial charge in [-0.3, -0.25) is 4.57 Å². The van der Waals surface area contributed by atoms with Crippen LogP contribution in [-0.4, -0.2) is 4.57 Å². The number of nitrogens with zero attached hydrogens (tertiary/aromatic N) is 1. The van der Waals surface area contributed by atoms with Crippen LogP contribution in [0.1, 0.15) is 0 Å². The van der Waals surface area contributed by atoms with E-state index < -0.39 is 6.30 Å². The molecule has 4 heteroatoms. The zero-order chi connectivity index (χ0) is 9.47. The Kier molecular flexibility index (Phi) is 1.58. The zero-order valence-corrected chi connectivity index (χ0v) is 6.55. The van der Waals surface area contributed by atoms with E-state index in [4.69, 9.17) is 0 Å². The third-order valence-electron chi connectivity index (χ3n) is 1.87. The lowest BCUT2D eigenvalue weighted by Gasteiger charge is -2.08. The second-order valence-corrected chi connectivity index (χ2v) is 2.71. The second-order valence-electron chi connectivity index (χ2n) is 2.71. The van der Waals surface area contributed by atoms with Crippen LogP contribution in [0.15, 0.2) is 36.5 Å². The van der Waals surface area contributed by atoms with Crippen molar-refractivity contribution in [2.75, 3.05) is 0 Å². The number of para-hydroxylation sites is 1. The Balaban J connectivity index is 2.72.